The summed E-state index contributed by atoms with van der Waals surface area (Å²) in [6.07, 6.45) is 4.67. The van der Waals surface area contributed by atoms with Crippen molar-refractivity contribution in [3.05, 3.63) is 78.1 Å². The van der Waals surface area contributed by atoms with Crippen LogP contribution in [0.25, 0.3) is 11.1 Å². The fourth-order valence-corrected chi connectivity index (χ4v) is 13.6. The van der Waals surface area contributed by atoms with Crippen LogP contribution in [0, 0.1) is 6.92 Å². The van der Waals surface area contributed by atoms with Gasteiger partial charge in [-0.25, -0.2) is 0 Å². The average molecular weight is 553 g/mol. The Morgan fingerprint density at radius 1 is 0.974 bits per heavy atom. The second-order valence-electron chi connectivity index (χ2n) is 11.0. The first-order valence-electron chi connectivity index (χ1n) is 13.7. The zero-order chi connectivity index (χ0) is 28.0. The van der Waals surface area contributed by atoms with Crippen molar-refractivity contribution in [3.63, 3.8) is 0 Å². The van der Waals surface area contributed by atoms with E-state index in [9.17, 15) is 9.35 Å². The number of nitrogens with one attached hydrogen (secondary N) is 1. The quantitative estimate of drug-likeness (QED) is 0.141. The van der Waals surface area contributed by atoms with Crippen molar-refractivity contribution in [2.24, 2.45) is 0 Å². The zero-order valence-corrected chi connectivity index (χ0v) is 26.0. The lowest BCUT2D eigenvalue weighted by atomic mass is 10.00. The standard InChI is InChI=1S/C31H44N2O3SSi/c1-9-36-31(34)20-30(32-37(35)29-15-13-25(8)14-16-29)27-12-10-11-26(19-27)28-17-18-33(21-28)38(22(2)3,23(4)5)24(6)7/h10-19,21-24,30,32H,9,20H2,1-8H3/t30-,37?/m0/s1. The molecular weight excluding hydrogens is 509 g/mol. The molecule has 0 saturated heterocycles. The van der Waals surface area contributed by atoms with Crippen molar-refractivity contribution in [1.29, 1.82) is 0 Å². The van der Waals surface area contributed by atoms with E-state index in [4.69, 9.17) is 4.74 Å². The largest absolute Gasteiger partial charge is 0.593 e. The first kappa shape index (κ1) is 30.2. The Morgan fingerprint density at radius 3 is 2.18 bits per heavy atom. The third kappa shape index (κ3) is 6.62. The SMILES string of the molecule is CCOC(=O)C[C@H](N[S+]([O-])c1ccc(C)cc1)c1cccc(-c2ccn([Si](C(C)C)(C(C)C)C(C)C)c2)c1. The molecule has 3 aromatic rings. The summed E-state index contributed by atoms with van der Waals surface area (Å²) in [6, 6.07) is 17.5. The van der Waals surface area contributed by atoms with Crippen LogP contribution in [-0.4, -0.2) is 29.6 Å². The summed E-state index contributed by atoms with van der Waals surface area (Å²) < 4.78 is 24.2. The Bertz CT molecular complexity index is 1170. The second-order valence-corrected chi connectivity index (χ2v) is 18.0. The van der Waals surface area contributed by atoms with Gasteiger partial charge in [0.1, 0.15) is 0 Å². The highest BCUT2D eigenvalue weighted by Gasteiger charge is 2.45. The lowest BCUT2D eigenvalue weighted by molar-refractivity contribution is -0.143. The number of rotatable bonds is 12. The summed E-state index contributed by atoms with van der Waals surface area (Å²) in [5, 5.41) is 0. The summed E-state index contributed by atoms with van der Waals surface area (Å²) in [5.41, 5.74) is 6.05. The molecule has 0 aliphatic rings. The summed E-state index contributed by atoms with van der Waals surface area (Å²) in [5.74, 6) is -0.316. The number of hydrogen-bond donors (Lipinski definition) is 1. The van der Waals surface area contributed by atoms with Crippen LogP contribution in [0.3, 0.4) is 0 Å². The fraction of sp³-hybridized carbons (Fsp3) is 0.452. The molecule has 206 valence electrons. The number of hydrogen-bond acceptors (Lipinski definition) is 4. The summed E-state index contributed by atoms with van der Waals surface area (Å²) in [4.78, 5) is 13.2. The van der Waals surface area contributed by atoms with E-state index in [0.717, 1.165) is 22.3 Å². The Kier molecular flexibility index (Phi) is 10.5. The maximum Gasteiger partial charge on any atom is 0.307 e. The van der Waals surface area contributed by atoms with Gasteiger partial charge >= 0.3 is 5.97 Å². The highest BCUT2D eigenvalue weighted by Crippen LogP contribution is 2.43. The molecule has 0 amide bonds. The molecule has 7 heteroatoms. The number of esters is 1. The van der Waals surface area contributed by atoms with Gasteiger partial charge in [-0.3, -0.25) is 4.79 Å². The molecule has 1 aromatic heterocycles. The van der Waals surface area contributed by atoms with Crippen LogP contribution in [0.5, 0.6) is 0 Å². The minimum atomic E-state index is -1.84. The van der Waals surface area contributed by atoms with Crippen LogP contribution >= 0.6 is 0 Å². The van der Waals surface area contributed by atoms with Gasteiger partial charge in [-0.1, -0.05) is 77.4 Å². The van der Waals surface area contributed by atoms with Gasteiger partial charge in [0.05, 0.1) is 30.4 Å². The topological polar surface area (TPSA) is 66.3 Å². The zero-order valence-electron chi connectivity index (χ0n) is 24.2. The molecule has 38 heavy (non-hydrogen) atoms. The molecule has 1 unspecified atom stereocenters. The fourth-order valence-electron chi connectivity index (χ4n) is 6.11. The predicted octanol–water partition coefficient (Wildman–Crippen LogP) is 7.79. The lowest BCUT2D eigenvalue weighted by Crippen LogP contribution is -2.51. The van der Waals surface area contributed by atoms with Crippen molar-refractivity contribution >= 4 is 25.6 Å². The molecule has 2 aromatic carbocycles. The molecule has 0 fully saturated rings. The first-order valence-corrected chi connectivity index (χ1v) is 17.0. The minimum absolute atomic E-state index is 0.0972. The van der Waals surface area contributed by atoms with E-state index in [1.807, 2.05) is 43.3 Å². The van der Waals surface area contributed by atoms with E-state index >= 15 is 0 Å². The van der Waals surface area contributed by atoms with Gasteiger partial charge in [-0.2, -0.15) is 0 Å². The molecule has 0 aliphatic carbocycles. The van der Waals surface area contributed by atoms with Gasteiger partial charge in [-0.15, -0.1) is 4.72 Å². The number of nitrogens with zero attached hydrogens (tertiary/aromatic N) is 1. The van der Waals surface area contributed by atoms with Crippen LogP contribution in [0.1, 0.15) is 72.1 Å². The molecule has 5 nitrogen and oxygen atoms in total. The lowest BCUT2D eigenvalue weighted by Gasteiger charge is -2.44. The van der Waals surface area contributed by atoms with E-state index in [0.29, 0.717) is 28.1 Å². The number of aryl methyl sites for hydroxylation is 1. The van der Waals surface area contributed by atoms with Gasteiger partial charge < -0.3 is 13.5 Å². The molecule has 0 saturated carbocycles. The van der Waals surface area contributed by atoms with E-state index in [-0.39, 0.29) is 12.4 Å². The van der Waals surface area contributed by atoms with E-state index < -0.39 is 25.6 Å². The number of carbonyl (C=O) groups excluding carboxylic acids is 1. The maximum atomic E-state index is 13.2. The van der Waals surface area contributed by atoms with Crippen LogP contribution in [0.15, 0.2) is 71.9 Å². The highest BCUT2D eigenvalue weighted by molar-refractivity contribution is 7.89. The van der Waals surface area contributed by atoms with Gasteiger partial charge in [0, 0.05) is 6.20 Å². The Balaban J connectivity index is 1.96. The summed E-state index contributed by atoms with van der Waals surface area (Å²) >= 11 is -1.47. The smallest absolute Gasteiger partial charge is 0.307 e. The number of aromatic nitrogens is 1. The molecule has 3 rings (SSSR count). The van der Waals surface area contributed by atoms with Crippen LogP contribution in [0.2, 0.25) is 16.6 Å². The van der Waals surface area contributed by atoms with E-state index in [1.165, 1.54) is 0 Å². The van der Waals surface area contributed by atoms with E-state index in [1.54, 1.807) is 6.92 Å². The predicted molar refractivity (Wildman–Crippen MR) is 161 cm³/mol. The third-order valence-corrected chi connectivity index (χ3v) is 15.6. The van der Waals surface area contributed by atoms with Crippen LogP contribution < -0.4 is 4.72 Å². The molecule has 1 N–H and O–H groups in total. The molecular formula is C31H44N2O3SSi. The van der Waals surface area contributed by atoms with Gasteiger partial charge in [0.15, 0.2) is 13.1 Å². The Hall–Kier alpha value is -2.32. The number of benzene rings is 2. The Labute approximate surface area is 233 Å². The molecule has 2 atom stereocenters. The number of ether oxygens (including phenoxy) is 1. The normalized spacial score (nSPS) is 13.8. The second kappa shape index (κ2) is 13.2. The molecule has 0 bridgehead atoms. The first-order chi connectivity index (χ1) is 18.0. The summed E-state index contributed by atoms with van der Waals surface area (Å²) in [7, 11) is -1.84. The Morgan fingerprint density at radius 2 is 1.61 bits per heavy atom. The van der Waals surface area contributed by atoms with Crippen LogP contribution in [-0.2, 0) is 20.9 Å². The third-order valence-electron chi connectivity index (χ3n) is 7.70. The van der Waals surface area contributed by atoms with Crippen molar-refractivity contribution in [2.45, 2.75) is 89.4 Å². The molecule has 0 radical (unpaired) electrons. The van der Waals surface area contributed by atoms with Crippen LogP contribution in [0.4, 0.5) is 0 Å². The highest BCUT2D eigenvalue weighted by atomic mass is 32.2. The van der Waals surface area contributed by atoms with Crippen molar-refractivity contribution in [3.8, 4) is 11.1 Å². The maximum absolute atomic E-state index is 13.2. The monoisotopic (exact) mass is 552 g/mol. The molecule has 0 aliphatic heterocycles. The van der Waals surface area contributed by atoms with Crippen molar-refractivity contribution in [1.82, 2.24) is 8.95 Å². The average Bonchev–Trinajstić information content (AvgIpc) is 3.34. The van der Waals surface area contributed by atoms with Gasteiger partial charge in [0.2, 0.25) is 0 Å². The molecule has 0 spiro atoms. The van der Waals surface area contributed by atoms with Gasteiger partial charge in [-0.05, 0) is 77.6 Å². The summed E-state index contributed by atoms with van der Waals surface area (Å²) in [6.45, 7) is 18.3. The van der Waals surface area contributed by atoms with E-state index in [2.05, 4.69) is 81.1 Å². The minimum Gasteiger partial charge on any atom is -0.593 e. The van der Waals surface area contributed by atoms with Crippen molar-refractivity contribution < 1.29 is 14.1 Å². The van der Waals surface area contributed by atoms with Crippen molar-refractivity contribution in [2.75, 3.05) is 6.61 Å². The molecule has 1 heterocycles. The number of carbonyl (C=O) groups is 1. The van der Waals surface area contributed by atoms with Gasteiger partial charge in [0.25, 0.3) is 0 Å².